The summed E-state index contributed by atoms with van der Waals surface area (Å²) in [6.07, 6.45) is 1.64. The molecule has 0 radical (unpaired) electrons. The van der Waals surface area contributed by atoms with E-state index in [0.29, 0.717) is 22.7 Å². The lowest BCUT2D eigenvalue weighted by atomic mass is 10.1. The summed E-state index contributed by atoms with van der Waals surface area (Å²) in [6, 6.07) is 19.5. The van der Waals surface area contributed by atoms with Crippen LogP contribution in [-0.4, -0.2) is 19.3 Å². The van der Waals surface area contributed by atoms with Crippen molar-refractivity contribution in [1.29, 1.82) is 0 Å². The average molecular weight is 349 g/mol. The van der Waals surface area contributed by atoms with Gasteiger partial charge in [-0.2, -0.15) is 0 Å². The Bertz CT molecular complexity index is 901. The van der Waals surface area contributed by atoms with Gasteiger partial charge in [0.1, 0.15) is 17.3 Å². The van der Waals surface area contributed by atoms with E-state index in [4.69, 9.17) is 9.47 Å². The second kappa shape index (κ2) is 8.07. The van der Waals surface area contributed by atoms with Crippen molar-refractivity contribution in [2.45, 2.75) is 0 Å². The quantitative estimate of drug-likeness (QED) is 0.377. The summed E-state index contributed by atoms with van der Waals surface area (Å²) >= 11 is 0. The molecule has 0 unspecified atom stereocenters. The minimum absolute atomic E-state index is 0.302. The topological polar surface area (TPSA) is 47.9 Å². The van der Waals surface area contributed by atoms with Crippen LogP contribution in [0.15, 0.2) is 77.8 Å². The molecule has 4 nitrogen and oxygen atoms in total. The van der Waals surface area contributed by atoms with E-state index in [1.807, 2.05) is 0 Å². The normalized spacial score (nSPS) is 10.7. The highest BCUT2D eigenvalue weighted by molar-refractivity contribution is 5.92. The van der Waals surface area contributed by atoms with Gasteiger partial charge in [0.15, 0.2) is 0 Å². The van der Waals surface area contributed by atoms with Crippen LogP contribution in [0, 0.1) is 5.82 Å². The molecule has 130 valence electrons. The van der Waals surface area contributed by atoms with Gasteiger partial charge in [-0.1, -0.05) is 12.1 Å². The standard InChI is InChI=1S/C21H16FNO3/c1-25-19-10-12-20(13-11-19)26-21(24)16-4-2-15(3-5-16)14-23-18-8-6-17(22)7-9-18/h2-14H,1H3. The second-order valence-electron chi connectivity index (χ2n) is 5.42. The van der Waals surface area contributed by atoms with E-state index < -0.39 is 5.97 Å². The van der Waals surface area contributed by atoms with Crippen LogP contribution in [0.25, 0.3) is 0 Å². The lowest BCUT2D eigenvalue weighted by Crippen LogP contribution is -2.08. The van der Waals surface area contributed by atoms with Gasteiger partial charge < -0.3 is 9.47 Å². The van der Waals surface area contributed by atoms with E-state index >= 15 is 0 Å². The zero-order chi connectivity index (χ0) is 18.4. The second-order valence-corrected chi connectivity index (χ2v) is 5.42. The molecule has 3 aromatic carbocycles. The number of ether oxygens (including phenoxy) is 2. The van der Waals surface area contributed by atoms with Gasteiger partial charge in [-0.3, -0.25) is 4.99 Å². The van der Waals surface area contributed by atoms with E-state index in [1.165, 1.54) is 12.1 Å². The van der Waals surface area contributed by atoms with E-state index in [1.54, 1.807) is 74.0 Å². The van der Waals surface area contributed by atoms with Crippen molar-refractivity contribution in [1.82, 2.24) is 0 Å². The van der Waals surface area contributed by atoms with Crippen LogP contribution in [0.4, 0.5) is 10.1 Å². The molecule has 0 aliphatic rings. The molecule has 0 fully saturated rings. The summed E-state index contributed by atoms with van der Waals surface area (Å²) < 4.78 is 23.2. The number of carbonyl (C=O) groups excluding carboxylic acids is 1. The maximum absolute atomic E-state index is 12.9. The molecular weight excluding hydrogens is 333 g/mol. The van der Waals surface area contributed by atoms with Gasteiger partial charge in [0.25, 0.3) is 0 Å². The SMILES string of the molecule is COc1ccc(OC(=O)c2ccc(C=Nc3ccc(F)cc3)cc2)cc1. The summed E-state index contributed by atoms with van der Waals surface area (Å²) in [5.74, 6) is 0.383. The molecule has 3 aromatic rings. The number of halogens is 1. The molecule has 0 amide bonds. The summed E-state index contributed by atoms with van der Waals surface area (Å²) in [6.45, 7) is 0. The Balaban J connectivity index is 1.64. The maximum atomic E-state index is 12.9. The highest BCUT2D eigenvalue weighted by Gasteiger charge is 2.08. The van der Waals surface area contributed by atoms with Gasteiger partial charge in [-0.05, 0) is 66.2 Å². The van der Waals surface area contributed by atoms with E-state index in [0.717, 1.165) is 5.56 Å². The summed E-state index contributed by atoms with van der Waals surface area (Å²) in [5, 5.41) is 0. The Hall–Kier alpha value is -3.47. The number of methoxy groups -OCH3 is 1. The highest BCUT2D eigenvalue weighted by atomic mass is 19.1. The lowest BCUT2D eigenvalue weighted by Gasteiger charge is -2.05. The zero-order valence-corrected chi connectivity index (χ0v) is 14.1. The highest BCUT2D eigenvalue weighted by Crippen LogP contribution is 2.18. The van der Waals surface area contributed by atoms with Gasteiger partial charge in [-0.25, -0.2) is 9.18 Å². The number of esters is 1. The predicted molar refractivity (Wildman–Crippen MR) is 98.0 cm³/mol. The number of aliphatic imine (C=N–C) groups is 1. The number of hydrogen-bond acceptors (Lipinski definition) is 4. The number of hydrogen-bond donors (Lipinski definition) is 0. The number of rotatable bonds is 5. The third-order valence-electron chi connectivity index (χ3n) is 3.61. The fourth-order valence-corrected chi connectivity index (χ4v) is 2.19. The first-order valence-electron chi connectivity index (χ1n) is 7.90. The third kappa shape index (κ3) is 4.54. The van der Waals surface area contributed by atoms with Crippen LogP contribution in [-0.2, 0) is 0 Å². The number of nitrogens with zero attached hydrogens (tertiary/aromatic N) is 1. The van der Waals surface area contributed by atoms with E-state index in [-0.39, 0.29) is 5.82 Å². The van der Waals surface area contributed by atoms with Gasteiger partial charge in [0.2, 0.25) is 0 Å². The molecule has 26 heavy (non-hydrogen) atoms. The van der Waals surface area contributed by atoms with Crippen molar-refractivity contribution >= 4 is 17.9 Å². The first kappa shape index (κ1) is 17.4. The Kier molecular flexibility index (Phi) is 5.39. The Morgan fingerprint density at radius 1 is 0.885 bits per heavy atom. The molecule has 3 rings (SSSR count). The Morgan fingerprint density at radius 3 is 2.12 bits per heavy atom. The van der Waals surface area contributed by atoms with Gasteiger partial charge in [0.05, 0.1) is 18.4 Å². The van der Waals surface area contributed by atoms with Crippen molar-refractivity contribution in [3.63, 3.8) is 0 Å². The summed E-state index contributed by atoms with van der Waals surface area (Å²) in [7, 11) is 1.57. The molecule has 5 heteroatoms. The first-order chi connectivity index (χ1) is 12.6. The first-order valence-corrected chi connectivity index (χ1v) is 7.90. The van der Waals surface area contributed by atoms with Gasteiger partial charge in [-0.15, -0.1) is 0 Å². The van der Waals surface area contributed by atoms with Crippen molar-refractivity contribution in [2.24, 2.45) is 4.99 Å². The molecule has 0 saturated heterocycles. The molecule has 0 atom stereocenters. The number of carbonyl (C=O) groups is 1. The summed E-state index contributed by atoms with van der Waals surface area (Å²) in [4.78, 5) is 16.4. The van der Waals surface area contributed by atoms with Crippen LogP contribution in [0.2, 0.25) is 0 Å². The molecule has 0 saturated carbocycles. The summed E-state index contributed by atoms with van der Waals surface area (Å²) in [5.41, 5.74) is 1.89. The predicted octanol–water partition coefficient (Wildman–Crippen LogP) is 4.80. The van der Waals surface area contributed by atoms with Crippen LogP contribution >= 0.6 is 0 Å². The number of benzene rings is 3. The van der Waals surface area contributed by atoms with Crippen LogP contribution in [0.5, 0.6) is 11.5 Å². The fourth-order valence-electron chi connectivity index (χ4n) is 2.19. The smallest absolute Gasteiger partial charge is 0.343 e. The van der Waals surface area contributed by atoms with Crippen molar-refractivity contribution in [3.8, 4) is 11.5 Å². The zero-order valence-electron chi connectivity index (χ0n) is 14.1. The minimum Gasteiger partial charge on any atom is -0.497 e. The van der Waals surface area contributed by atoms with Gasteiger partial charge >= 0.3 is 5.97 Å². The lowest BCUT2D eigenvalue weighted by molar-refractivity contribution is 0.0734. The van der Waals surface area contributed by atoms with Crippen LogP contribution in [0.1, 0.15) is 15.9 Å². The van der Waals surface area contributed by atoms with Crippen molar-refractivity contribution in [3.05, 3.63) is 89.7 Å². The third-order valence-corrected chi connectivity index (χ3v) is 3.61. The average Bonchev–Trinajstić information content (AvgIpc) is 2.68. The van der Waals surface area contributed by atoms with E-state index in [2.05, 4.69) is 4.99 Å². The van der Waals surface area contributed by atoms with Crippen LogP contribution < -0.4 is 9.47 Å². The molecular formula is C21H16FNO3. The maximum Gasteiger partial charge on any atom is 0.343 e. The molecule has 0 aliphatic heterocycles. The molecule has 0 spiro atoms. The van der Waals surface area contributed by atoms with E-state index in [9.17, 15) is 9.18 Å². The molecule has 0 heterocycles. The Labute approximate surface area is 150 Å². The molecule has 0 aromatic heterocycles. The largest absolute Gasteiger partial charge is 0.497 e. The Morgan fingerprint density at radius 2 is 1.50 bits per heavy atom. The monoisotopic (exact) mass is 349 g/mol. The fraction of sp³-hybridized carbons (Fsp3) is 0.0476. The minimum atomic E-state index is -0.447. The molecule has 0 aliphatic carbocycles. The molecule has 0 N–H and O–H groups in total. The van der Waals surface area contributed by atoms with Crippen molar-refractivity contribution < 1.29 is 18.7 Å². The molecule has 0 bridgehead atoms. The van der Waals surface area contributed by atoms with Crippen molar-refractivity contribution in [2.75, 3.05) is 7.11 Å². The van der Waals surface area contributed by atoms with Crippen LogP contribution in [0.3, 0.4) is 0 Å². The van der Waals surface area contributed by atoms with Gasteiger partial charge in [0, 0.05) is 6.21 Å².